The third kappa shape index (κ3) is 4.06. The Balaban J connectivity index is 2.15. The maximum atomic E-state index is 12.2. The van der Waals surface area contributed by atoms with Gasteiger partial charge in [-0.3, -0.25) is 14.9 Å². The first-order chi connectivity index (χ1) is 11.0. The van der Waals surface area contributed by atoms with Crippen molar-refractivity contribution in [3.05, 3.63) is 69.3 Å². The summed E-state index contributed by atoms with van der Waals surface area (Å²) in [7, 11) is 0. The Kier molecular flexibility index (Phi) is 5.30. The Labute approximate surface area is 134 Å². The molecule has 0 aliphatic rings. The van der Waals surface area contributed by atoms with Gasteiger partial charge in [0, 0.05) is 18.2 Å². The van der Waals surface area contributed by atoms with Gasteiger partial charge in [-0.1, -0.05) is 24.3 Å². The molecule has 0 atom stereocenters. The van der Waals surface area contributed by atoms with Gasteiger partial charge in [-0.25, -0.2) is 0 Å². The Morgan fingerprint density at radius 2 is 2.00 bits per heavy atom. The number of hydrogen-bond acceptors (Lipinski definition) is 4. The first-order valence-corrected chi connectivity index (χ1v) is 7.27. The number of nitro benzene ring substituents is 1. The van der Waals surface area contributed by atoms with Gasteiger partial charge in [0.2, 0.25) is 0 Å². The van der Waals surface area contributed by atoms with Crippen LogP contribution in [0.4, 0.5) is 5.69 Å². The van der Waals surface area contributed by atoms with E-state index in [-0.39, 0.29) is 22.9 Å². The summed E-state index contributed by atoms with van der Waals surface area (Å²) >= 11 is 0. The van der Waals surface area contributed by atoms with E-state index < -0.39 is 4.92 Å². The third-order valence-corrected chi connectivity index (χ3v) is 3.42. The predicted octanol–water partition coefficient (Wildman–Crippen LogP) is 3.23. The number of rotatable bonds is 6. The van der Waals surface area contributed by atoms with Crippen LogP contribution in [0.15, 0.2) is 42.5 Å². The summed E-state index contributed by atoms with van der Waals surface area (Å²) < 4.78 is 5.20. The largest absolute Gasteiger partial charge is 0.487 e. The molecule has 2 aromatic rings. The molecule has 0 fully saturated rings. The summed E-state index contributed by atoms with van der Waals surface area (Å²) in [6.07, 6.45) is 0. The first kappa shape index (κ1) is 16.5. The van der Waals surface area contributed by atoms with Crippen LogP contribution < -0.4 is 10.1 Å². The van der Waals surface area contributed by atoms with Crippen LogP contribution in [0.25, 0.3) is 0 Å². The summed E-state index contributed by atoms with van der Waals surface area (Å²) in [4.78, 5) is 22.7. The van der Waals surface area contributed by atoms with Crippen molar-refractivity contribution in [3.8, 4) is 5.75 Å². The van der Waals surface area contributed by atoms with E-state index in [0.29, 0.717) is 13.2 Å². The molecule has 0 saturated heterocycles. The lowest BCUT2D eigenvalue weighted by molar-refractivity contribution is -0.385. The maximum Gasteiger partial charge on any atom is 0.311 e. The molecule has 120 valence electrons. The van der Waals surface area contributed by atoms with Gasteiger partial charge in [0.05, 0.1) is 11.5 Å². The van der Waals surface area contributed by atoms with Crippen LogP contribution in [-0.2, 0) is 6.54 Å². The second-order valence-electron chi connectivity index (χ2n) is 4.98. The highest BCUT2D eigenvalue weighted by Gasteiger charge is 2.18. The fourth-order valence-electron chi connectivity index (χ4n) is 2.16. The zero-order valence-corrected chi connectivity index (χ0v) is 13.0. The minimum absolute atomic E-state index is 0.160. The molecule has 2 rings (SSSR count). The molecule has 0 spiro atoms. The van der Waals surface area contributed by atoms with Crippen LogP contribution in [-0.4, -0.2) is 17.4 Å². The number of nitrogens with zero attached hydrogens (tertiary/aromatic N) is 1. The van der Waals surface area contributed by atoms with E-state index in [1.165, 1.54) is 18.2 Å². The Hall–Kier alpha value is -2.89. The number of benzene rings is 2. The van der Waals surface area contributed by atoms with Gasteiger partial charge in [-0.2, -0.15) is 0 Å². The van der Waals surface area contributed by atoms with E-state index in [1.807, 2.05) is 31.2 Å². The zero-order valence-electron chi connectivity index (χ0n) is 13.0. The quantitative estimate of drug-likeness (QED) is 0.655. The van der Waals surface area contributed by atoms with Gasteiger partial charge in [0.25, 0.3) is 5.91 Å². The molecule has 0 aliphatic carbocycles. The van der Waals surface area contributed by atoms with Gasteiger partial charge >= 0.3 is 5.69 Å². The van der Waals surface area contributed by atoms with Crippen LogP contribution >= 0.6 is 0 Å². The number of carbonyl (C=O) groups excluding carboxylic acids is 1. The highest BCUT2D eigenvalue weighted by Crippen LogP contribution is 2.28. The molecular formula is C17H18N2O4. The molecule has 0 unspecified atom stereocenters. The number of nitro groups is 1. The summed E-state index contributed by atoms with van der Waals surface area (Å²) in [6.45, 7) is 4.39. The molecule has 0 radical (unpaired) electrons. The third-order valence-electron chi connectivity index (χ3n) is 3.42. The van der Waals surface area contributed by atoms with Crippen LogP contribution in [0.1, 0.15) is 28.4 Å². The number of nitrogens with one attached hydrogen (secondary N) is 1. The number of ether oxygens (including phenoxy) is 1. The highest BCUT2D eigenvalue weighted by molar-refractivity contribution is 5.95. The molecule has 1 N–H and O–H groups in total. The molecule has 0 aliphatic heterocycles. The molecule has 0 heterocycles. The standard InChI is InChI=1S/C17H18N2O4/c1-3-23-16-9-8-13(10-15(16)19(21)22)17(20)18-11-14-7-5-4-6-12(14)2/h4-10H,3,11H2,1-2H3,(H,18,20). The highest BCUT2D eigenvalue weighted by atomic mass is 16.6. The molecule has 0 bridgehead atoms. The molecular weight excluding hydrogens is 296 g/mol. The summed E-state index contributed by atoms with van der Waals surface area (Å²) in [5, 5.41) is 13.9. The topological polar surface area (TPSA) is 81.5 Å². The van der Waals surface area contributed by atoms with Crippen LogP contribution in [0.5, 0.6) is 5.75 Å². The van der Waals surface area contributed by atoms with Crippen LogP contribution in [0.3, 0.4) is 0 Å². The number of carbonyl (C=O) groups is 1. The van der Waals surface area contributed by atoms with Crippen molar-refractivity contribution in [3.63, 3.8) is 0 Å². The molecule has 1 amide bonds. The fraction of sp³-hybridized carbons (Fsp3) is 0.235. The lowest BCUT2D eigenvalue weighted by Gasteiger charge is -2.09. The SMILES string of the molecule is CCOc1ccc(C(=O)NCc2ccccc2C)cc1[N+](=O)[O-]. The number of hydrogen-bond donors (Lipinski definition) is 1. The lowest BCUT2D eigenvalue weighted by Crippen LogP contribution is -2.23. The van der Waals surface area contributed by atoms with Crippen molar-refractivity contribution in [1.29, 1.82) is 0 Å². The van der Waals surface area contributed by atoms with E-state index in [9.17, 15) is 14.9 Å². The van der Waals surface area contributed by atoms with E-state index >= 15 is 0 Å². The monoisotopic (exact) mass is 314 g/mol. The molecule has 23 heavy (non-hydrogen) atoms. The van der Waals surface area contributed by atoms with Crippen LogP contribution in [0.2, 0.25) is 0 Å². The van der Waals surface area contributed by atoms with Gasteiger partial charge in [-0.15, -0.1) is 0 Å². The van der Waals surface area contributed by atoms with Gasteiger partial charge < -0.3 is 10.1 Å². The van der Waals surface area contributed by atoms with Crippen molar-refractivity contribution in [2.45, 2.75) is 20.4 Å². The minimum Gasteiger partial charge on any atom is -0.487 e. The number of amides is 1. The van der Waals surface area contributed by atoms with Crippen LogP contribution in [0, 0.1) is 17.0 Å². The van der Waals surface area contributed by atoms with Crippen molar-refractivity contribution in [2.24, 2.45) is 0 Å². The van der Waals surface area contributed by atoms with Gasteiger partial charge in [0.1, 0.15) is 0 Å². The maximum absolute atomic E-state index is 12.2. The molecule has 2 aromatic carbocycles. The first-order valence-electron chi connectivity index (χ1n) is 7.27. The average molecular weight is 314 g/mol. The second kappa shape index (κ2) is 7.40. The Morgan fingerprint density at radius 3 is 2.65 bits per heavy atom. The fourth-order valence-corrected chi connectivity index (χ4v) is 2.16. The normalized spacial score (nSPS) is 10.2. The van der Waals surface area contributed by atoms with Crippen molar-refractivity contribution >= 4 is 11.6 Å². The van der Waals surface area contributed by atoms with E-state index in [2.05, 4.69) is 5.32 Å². The van der Waals surface area contributed by atoms with Crippen molar-refractivity contribution in [1.82, 2.24) is 5.32 Å². The van der Waals surface area contributed by atoms with Gasteiger partial charge in [0.15, 0.2) is 5.75 Å². The Morgan fingerprint density at radius 1 is 1.26 bits per heavy atom. The molecule has 0 aromatic heterocycles. The molecule has 6 nitrogen and oxygen atoms in total. The molecule has 0 saturated carbocycles. The smallest absolute Gasteiger partial charge is 0.311 e. The lowest BCUT2D eigenvalue weighted by atomic mass is 10.1. The predicted molar refractivity (Wildman–Crippen MR) is 86.6 cm³/mol. The summed E-state index contributed by atoms with van der Waals surface area (Å²) in [5.41, 5.74) is 2.09. The van der Waals surface area contributed by atoms with Gasteiger partial charge in [-0.05, 0) is 37.1 Å². The summed E-state index contributed by atoms with van der Waals surface area (Å²) in [5.74, 6) is -0.202. The van der Waals surface area contributed by atoms with Crippen molar-refractivity contribution in [2.75, 3.05) is 6.61 Å². The number of aryl methyl sites for hydroxylation is 1. The van der Waals surface area contributed by atoms with E-state index in [0.717, 1.165) is 11.1 Å². The zero-order chi connectivity index (χ0) is 16.8. The van der Waals surface area contributed by atoms with E-state index in [1.54, 1.807) is 6.92 Å². The average Bonchev–Trinajstić information content (AvgIpc) is 2.54. The Bertz CT molecular complexity index is 728. The summed E-state index contributed by atoms with van der Waals surface area (Å²) in [6, 6.07) is 11.9. The van der Waals surface area contributed by atoms with E-state index in [4.69, 9.17) is 4.74 Å². The molecule has 6 heteroatoms. The van der Waals surface area contributed by atoms with Crippen molar-refractivity contribution < 1.29 is 14.5 Å². The second-order valence-corrected chi connectivity index (χ2v) is 4.98. The minimum atomic E-state index is -0.552.